The number of aromatic nitrogens is 2. The molecule has 2 aromatic carbocycles. The Labute approximate surface area is 191 Å². The zero-order chi connectivity index (χ0) is 23.1. The van der Waals surface area contributed by atoms with Gasteiger partial charge in [0.25, 0.3) is 5.91 Å². The van der Waals surface area contributed by atoms with Crippen LogP contribution >= 0.6 is 0 Å². The summed E-state index contributed by atoms with van der Waals surface area (Å²) < 4.78 is 2.00. The number of rotatable bonds is 6. The maximum absolute atomic E-state index is 13.1. The van der Waals surface area contributed by atoms with Gasteiger partial charge in [-0.05, 0) is 43.7 Å². The van der Waals surface area contributed by atoms with Gasteiger partial charge < -0.3 is 14.9 Å². The van der Waals surface area contributed by atoms with Gasteiger partial charge in [-0.1, -0.05) is 36.4 Å². The van der Waals surface area contributed by atoms with Crippen LogP contribution in [0, 0.1) is 13.8 Å². The van der Waals surface area contributed by atoms with Crippen molar-refractivity contribution in [1.82, 2.24) is 19.8 Å². The number of Topliss-reactive ketones (excluding diaryl/α,β-unsaturated/α-hetero) is 1. The van der Waals surface area contributed by atoms with E-state index in [1.807, 2.05) is 85.3 Å². The molecule has 5 rings (SSSR count). The Bertz CT molecular complexity index is 1380. The fourth-order valence-electron chi connectivity index (χ4n) is 4.63. The molecule has 1 aliphatic heterocycles. The molecule has 3 amide bonds. The van der Waals surface area contributed by atoms with E-state index < -0.39 is 12.1 Å². The molecular weight excluding hydrogens is 416 g/mol. The van der Waals surface area contributed by atoms with E-state index in [1.165, 1.54) is 0 Å². The summed E-state index contributed by atoms with van der Waals surface area (Å²) in [6.07, 6.45) is 2.22. The lowest BCUT2D eigenvalue weighted by atomic mass is 10.0. The average Bonchev–Trinajstić information content (AvgIpc) is 3.44. The van der Waals surface area contributed by atoms with Crippen molar-refractivity contribution in [2.45, 2.75) is 26.3 Å². The van der Waals surface area contributed by atoms with Crippen LogP contribution in [0.1, 0.15) is 27.3 Å². The molecule has 0 radical (unpaired) electrons. The number of urea groups is 1. The predicted octanol–water partition coefficient (Wildman–Crippen LogP) is 3.92. The number of para-hydroxylation sites is 2. The first kappa shape index (κ1) is 20.8. The van der Waals surface area contributed by atoms with Crippen LogP contribution in [0.5, 0.6) is 0 Å². The number of nitrogens with zero attached hydrogens (tertiary/aromatic N) is 2. The Morgan fingerprint density at radius 3 is 2.52 bits per heavy atom. The highest BCUT2D eigenvalue weighted by molar-refractivity contribution is 6.09. The fraction of sp³-hybridized carbons (Fsp3) is 0.192. The molecule has 33 heavy (non-hydrogen) atoms. The summed E-state index contributed by atoms with van der Waals surface area (Å²) in [4.78, 5) is 42.9. The molecule has 2 aromatic heterocycles. The number of aromatic amines is 1. The van der Waals surface area contributed by atoms with Gasteiger partial charge in [0, 0.05) is 46.2 Å². The molecule has 1 aliphatic rings. The largest absolute Gasteiger partial charge is 0.361 e. The lowest BCUT2D eigenvalue weighted by molar-refractivity contribution is -0.127. The molecule has 4 aromatic rings. The van der Waals surface area contributed by atoms with Crippen molar-refractivity contribution in [3.05, 3.63) is 89.4 Å². The van der Waals surface area contributed by atoms with Crippen molar-refractivity contribution < 1.29 is 14.4 Å². The number of aryl methyl sites for hydroxylation is 1. The van der Waals surface area contributed by atoms with E-state index in [0.717, 1.165) is 38.4 Å². The number of H-pyrrole nitrogens is 1. The zero-order valence-corrected chi connectivity index (χ0v) is 18.5. The maximum atomic E-state index is 13.1. The van der Waals surface area contributed by atoms with Gasteiger partial charge in [0.15, 0.2) is 5.78 Å². The van der Waals surface area contributed by atoms with Crippen LogP contribution in [-0.4, -0.2) is 44.8 Å². The molecule has 1 fully saturated rings. The van der Waals surface area contributed by atoms with Crippen molar-refractivity contribution in [1.29, 1.82) is 0 Å². The highest BCUT2D eigenvalue weighted by Crippen LogP contribution is 2.23. The van der Waals surface area contributed by atoms with Gasteiger partial charge in [0.1, 0.15) is 6.04 Å². The molecule has 0 spiro atoms. The molecule has 166 valence electrons. The number of amides is 3. The Hall–Kier alpha value is -4.13. The quantitative estimate of drug-likeness (QED) is 0.352. The maximum Gasteiger partial charge on any atom is 0.325 e. The van der Waals surface area contributed by atoms with Gasteiger partial charge in [-0.2, -0.15) is 0 Å². The van der Waals surface area contributed by atoms with Crippen molar-refractivity contribution in [3.63, 3.8) is 0 Å². The third-order valence-corrected chi connectivity index (χ3v) is 6.25. The molecule has 1 saturated heterocycles. The van der Waals surface area contributed by atoms with E-state index in [4.69, 9.17) is 0 Å². The summed E-state index contributed by atoms with van der Waals surface area (Å²) in [6.45, 7) is 3.52. The average molecular weight is 441 g/mol. The second-order valence-electron chi connectivity index (χ2n) is 8.37. The number of ketones is 1. The standard InChI is InChI=1S/C26H24N4O3/c1-16-12-21(17(2)30(16)19-8-4-3-5-9-19)24(31)15-29-25(32)23(28-26(29)33)13-18-14-27-22-11-7-6-10-20(18)22/h3-12,14,23,27H,13,15H2,1-2H3,(H,28,33)/t23-/m1/s1. The zero-order valence-electron chi connectivity index (χ0n) is 18.5. The van der Waals surface area contributed by atoms with Gasteiger partial charge in [0.05, 0.1) is 6.54 Å². The first-order valence-electron chi connectivity index (χ1n) is 10.9. The first-order chi connectivity index (χ1) is 15.9. The molecule has 0 bridgehead atoms. The summed E-state index contributed by atoms with van der Waals surface area (Å²) in [7, 11) is 0. The Kier molecular flexibility index (Phi) is 5.09. The van der Waals surface area contributed by atoms with E-state index in [2.05, 4.69) is 10.3 Å². The molecule has 2 N–H and O–H groups in total. The van der Waals surface area contributed by atoms with Gasteiger partial charge in [-0.25, -0.2) is 4.79 Å². The Morgan fingerprint density at radius 2 is 1.73 bits per heavy atom. The van der Waals surface area contributed by atoms with Crippen molar-refractivity contribution in [2.75, 3.05) is 6.54 Å². The minimum atomic E-state index is -0.693. The first-order valence-corrected chi connectivity index (χ1v) is 10.9. The Balaban J connectivity index is 1.34. The highest BCUT2D eigenvalue weighted by atomic mass is 16.2. The lowest BCUT2D eigenvalue weighted by Gasteiger charge is -2.13. The van der Waals surface area contributed by atoms with Crippen LogP contribution in [0.2, 0.25) is 0 Å². The molecule has 0 aliphatic carbocycles. The van der Waals surface area contributed by atoms with Crippen LogP contribution < -0.4 is 5.32 Å². The SMILES string of the molecule is Cc1cc(C(=O)CN2C(=O)N[C@H](Cc3c[nH]c4ccccc34)C2=O)c(C)n1-c1ccccc1. The number of carbonyl (C=O) groups excluding carboxylic acids is 3. The lowest BCUT2D eigenvalue weighted by Crippen LogP contribution is -2.36. The summed E-state index contributed by atoms with van der Waals surface area (Å²) in [5.74, 6) is -0.642. The molecule has 0 unspecified atom stereocenters. The number of imide groups is 1. The molecule has 1 atom stereocenters. The van der Waals surface area contributed by atoms with E-state index in [1.54, 1.807) is 0 Å². The second-order valence-corrected chi connectivity index (χ2v) is 8.37. The van der Waals surface area contributed by atoms with Crippen molar-refractivity contribution >= 4 is 28.6 Å². The minimum Gasteiger partial charge on any atom is -0.361 e. The van der Waals surface area contributed by atoms with Crippen molar-refractivity contribution in [3.8, 4) is 5.69 Å². The van der Waals surface area contributed by atoms with Crippen LogP contribution in [-0.2, 0) is 11.2 Å². The highest BCUT2D eigenvalue weighted by Gasteiger charge is 2.39. The third-order valence-electron chi connectivity index (χ3n) is 6.25. The molecule has 7 nitrogen and oxygen atoms in total. The van der Waals surface area contributed by atoms with Crippen molar-refractivity contribution in [2.24, 2.45) is 0 Å². The van der Waals surface area contributed by atoms with Gasteiger partial charge in [-0.3, -0.25) is 14.5 Å². The number of benzene rings is 2. The molecule has 7 heteroatoms. The fourth-order valence-corrected chi connectivity index (χ4v) is 4.63. The van der Waals surface area contributed by atoms with Crippen LogP contribution in [0.25, 0.3) is 16.6 Å². The molecule has 0 saturated carbocycles. The van der Waals surface area contributed by atoms with Gasteiger partial charge in [0.2, 0.25) is 0 Å². The summed E-state index contributed by atoms with van der Waals surface area (Å²) >= 11 is 0. The number of nitrogens with one attached hydrogen (secondary N) is 2. The monoisotopic (exact) mass is 440 g/mol. The summed E-state index contributed by atoms with van der Waals surface area (Å²) in [6, 6.07) is 18.2. The predicted molar refractivity (Wildman–Crippen MR) is 126 cm³/mol. The smallest absolute Gasteiger partial charge is 0.325 e. The Morgan fingerprint density at radius 1 is 1.00 bits per heavy atom. The summed E-state index contributed by atoms with van der Waals surface area (Å²) in [5.41, 5.74) is 5.09. The number of fused-ring (bicyclic) bond motifs is 1. The molecule has 3 heterocycles. The number of hydrogen-bond donors (Lipinski definition) is 2. The normalized spacial score (nSPS) is 15.9. The second kappa shape index (κ2) is 8.09. The van der Waals surface area contributed by atoms with E-state index in [0.29, 0.717) is 12.0 Å². The number of carbonyl (C=O) groups is 3. The van der Waals surface area contributed by atoms with E-state index >= 15 is 0 Å². The van der Waals surface area contributed by atoms with E-state index in [-0.39, 0.29) is 18.2 Å². The molecular formula is C26H24N4O3. The van der Waals surface area contributed by atoms with Crippen LogP contribution in [0.4, 0.5) is 4.79 Å². The van der Waals surface area contributed by atoms with Gasteiger partial charge >= 0.3 is 6.03 Å². The van der Waals surface area contributed by atoms with Gasteiger partial charge in [-0.15, -0.1) is 0 Å². The van der Waals surface area contributed by atoms with E-state index in [9.17, 15) is 14.4 Å². The van der Waals surface area contributed by atoms with Crippen LogP contribution in [0.3, 0.4) is 0 Å². The summed E-state index contributed by atoms with van der Waals surface area (Å²) in [5, 5.41) is 3.75. The number of hydrogen-bond acceptors (Lipinski definition) is 3. The topological polar surface area (TPSA) is 87.2 Å². The third kappa shape index (κ3) is 3.61. The minimum absolute atomic E-state index is 0.262. The van der Waals surface area contributed by atoms with Crippen LogP contribution in [0.15, 0.2) is 66.9 Å².